The maximum absolute atomic E-state index is 5.38. The minimum atomic E-state index is -0.520. The maximum atomic E-state index is 5.38. The van der Waals surface area contributed by atoms with E-state index in [1.807, 2.05) is 6.07 Å². The summed E-state index contributed by atoms with van der Waals surface area (Å²) in [5, 5.41) is 4.78. The van der Waals surface area contributed by atoms with Gasteiger partial charge in [0.25, 0.3) is 0 Å². The first-order chi connectivity index (χ1) is 32.7. The highest BCUT2D eigenvalue weighted by atomic mass is 15.0. The van der Waals surface area contributed by atoms with Crippen LogP contribution < -0.4 is 0 Å². The third kappa shape index (κ3) is 5.84. The number of hydrogen-bond donors (Lipinski definition) is 0. The Balaban J connectivity index is 0.996. The van der Waals surface area contributed by atoms with Gasteiger partial charge in [0.1, 0.15) is 0 Å². The third-order valence-corrected chi connectivity index (χ3v) is 13.7. The molecule has 3 nitrogen and oxygen atoms in total. The first kappa shape index (κ1) is 37.9. The Morgan fingerprint density at radius 2 is 0.833 bits per heavy atom. The molecule has 2 aromatic heterocycles. The Kier molecular flexibility index (Phi) is 8.75. The van der Waals surface area contributed by atoms with Gasteiger partial charge in [0, 0.05) is 33.2 Å². The van der Waals surface area contributed by atoms with Gasteiger partial charge >= 0.3 is 0 Å². The van der Waals surface area contributed by atoms with Gasteiger partial charge in [-0.05, 0) is 97.7 Å². The molecule has 13 rings (SSSR count). The first-order valence-electron chi connectivity index (χ1n) is 22.7. The predicted molar refractivity (Wildman–Crippen MR) is 273 cm³/mol. The molecule has 0 saturated heterocycles. The lowest BCUT2D eigenvalue weighted by Crippen LogP contribution is -2.28. The van der Waals surface area contributed by atoms with Crippen LogP contribution in [0.2, 0.25) is 0 Å². The summed E-state index contributed by atoms with van der Waals surface area (Å²) >= 11 is 0. The average molecular weight is 840 g/mol. The summed E-state index contributed by atoms with van der Waals surface area (Å²) in [6.45, 7) is 0. The van der Waals surface area contributed by atoms with Crippen molar-refractivity contribution in [3.05, 3.63) is 271 Å². The van der Waals surface area contributed by atoms with Crippen LogP contribution in [0, 0.1) is 0 Å². The second-order valence-electron chi connectivity index (χ2n) is 17.2. The van der Waals surface area contributed by atoms with Gasteiger partial charge in [-0.1, -0.05) is 206 Å². The monoisotopic (exact) mass is 839 g/mol. The summed E-state index contributed by atoms with van der Waals surface area (Å²) < 4.78 is 2.37. The van der Waals surface area contributed by atoms with Crippen molar-refractivity contribution in [3.63, 3.8) is 0 Å². The van der Waals surface area contributed by atoms with Gasteiger partial charge in [-0.2, -0.15) is 0 Å². The number of hydrogen-bond acceptors (Lipinski definition) is 2. The van der Waals surface area contributed by atoms with E-state index in [0.29, 0.717) is 5.82 Å². The second kappa shape index (κ2) is 15.3. The number of para-hydroxylation sites is 2. The zero-order valence-corrected chi connectivity index (χ0v) is 36.0. The molecule has 0 fully saturated rings. The van der Waals surface area contributed by atoms with Gasteiger partial charge in [-0.15, -0.1) is 0 Å². The first-order valence-corrected chi connectivity index (χ1v) is 22.7. The lowest BCUT2D eigenvalue weighted by atomic mass is 9.67. The molecule has 0 atom stereocenters. The molecule has 0 spiro atoms. The van der Waals surface area contributed by atoms with Crippen molar-refractivity contribution >= 4 is 32.6 Å². The van der Waals surface area contributed by atoms with E-state index in [-0.39, 0.29) is 0 Å². The molecule has 10 aromatic carbocycles. The largest absolute Gasteiger partial charge is 0.309 e. The molecule has 0 N–H and O–H groups in total. The standard InChI is InChI=1S/C63H41N3/c1-5-19-42(20-6-1)62-64-58(44-33-35-52-51-29-15-17-31-56(51)63(57(52)40-44,45-21-7-2-8-22-45)46-23-9-3-10-24-46)41-59(65-62)53-37-36-48(49-27-13-14-28-50(49)53)43-34-38-61-55(39-43)54-30-16-18-32-60(54)66(61)47-25-11-4-12-26-47/h1-41H. The zero-order valence-electron chi connectivity index (χ0n) is 36.0. The zero-order chi connectivity index (χ0) is 43.6. The molecule has 1 aliphatic carbocycles. The van der Waals surface area contributed by atoms with Crippen LogP contribution in [0.25, 0.3) is 94.4 Å². The van der Waals surface area contributed by atoms with Crippen molar-refractivity contribution in [1.29, 1.82) is 0 Å². The minimum Gasteiger partial charge on any atom is -0.309 e. The smallest absolute Gasteiger partial charge is 0.160 e. The molecule has 1 aliphatic rings. The van der Waals surface area contributed by atoms with Crippen LogP contribution in [0.1, 0.15) is 22.3 Å². The van der Waals surface area contributed by atoms with Crippen LogP contribution in [-0.2, 0) is 5.41 Å². The molecule has 0 saturated carbocycles. The maximum Gasteiger partial charge on any atom is 0.160 e. The van der Waals surface area contributed by atoms with Gasteiger partial charge < -0.3 is 4.57 Å². The van der Waals surface area contributed by atoms with E-state index in [2.05, 4.69) is 247 Å². The van der Waals surface area contributed by atoms with Crippen LogP contribution >= 0.6 is 0 Å². The molecule has 2 heterocycles. The molecule has 12 aromatic rings. The van der Waals surface area contributed by atoms with Crippen molar-refractivity contribution in [2.45, 2.75) is 5.41 Å². The van der Waals surface area contributed by atoms with E-state index in [9.17, 15) is 0 Å². The predicted octanol–water partition coefficient (Wildman–Crippen LogP) is 15.8. The van der Waals surface area contributed by atoms with Crippen molar-refractivity contribution in [1.82, 2.24) is 14.5 Å². The summed E-state index contributed by atoms with van der Waals surface area (Å²) in [4.78, 5) is 10.8. The number of rotatable bonds is 7. The minimum absolute atomic E-state index is 0.520. The van der Waals surface area contributed by atoms with Crippen LogP contribution in [0.3, 0.4) is 0 Å². The normalized spacial score (nSPS) is 12.7. The number of aromatic nitrogens is 3. The molecular weight excluding hydrogens is 799 g/mol. The average Bonchev–Trinajstić information content (AvgIpc) is 3.89. The number of benzene rings is 10. The van der Waals surface area contributed by atoms with Gasteiger partial charge in [-0.3, -0.25) is 0 Å². The lowest BCUT2D eigenvalue weighted by Gasteiger charge is -2.34. The summed E-state index contributed by atoms with van der Waals surface area (Å²) in [6, 6.07) is 89.9. The fraction of sp³-hybridized carbons (Fsp3) is 0.0159. The molecular formula is C63H41N3. The van der Waals surface area contributed by atoms with Gasteiger partial charge in [0.15, 0.2) is 5.82 Å². The van der Waals surface area contributed by atoms with E-state index < -0.39 is 5.41 Å². The highest BCUT2D eigenvalue weighted by molar-refractivity contribution is 6.12. The van der Waals surface area contributed by atoms with Crippen molar-refractivity contribution in [3.8, 4) is 61.8 Å². The Morgan fingerprint density at radius 3 is 1.58 bits per heavy atom. The van der Waals surface area contributed by atoms with E-state index in [1.165, 1.54) is 71.7 Å². The van der Waals surface area contributed by atoms with Gasteiger partial charge in [0.05, 0.1) is 27.8 Å². The van der Waals surface area contributed by atoms with Crippen LogP contribution in [-0.4, -0.2) is 14.5 Å². The van der Waals surface area contributed by atoms with Gasteiger partial charge in [-0.25, -0.2) is 9.97 Å². The quantitative estimate of drug-likeness (QED) is 0.160. The molecule has 0 amide bonds. The van der Waals surface area contributed by atoms with Gasteiger partial charge in [0.2, 0.25) is 0 Å². The van der Waals surface area contributed by atoms with Crippen molar-refractivity contribution in [2.75, 3.05) is 0 Å². The van der Waals surface area contributed by atoms with E-state index in [1.54, 1.807) is 0 Å². The molecule has 0 bridgehead atoms. The molecule has 0 unspecified atom stereocenters. The van der Waals surface area contributed by atoms with Crippen LogP contribution in [0.5, 0.6) is 0 Å². The van der Waals surface area contributed by atoms with E-state index >= 15 is 0 Å². The molecule has 66 heavy (non-hydrogen) atoms. The summed E-state index contributed by atoms with van der Waals surface area (Å²) in [6.07, 6.45) is 0. The van der Waals surface area contributed by atoms with Crippen LogP contribution in [0.15, 0.2) is 249 Å². The summed E-state index contributed by atoms with van der Waals surface area (Å²) in [5.41, 5.74) is 17.7. The van der Waals surface area contributed by atoms with Crippen LogP contribution in [0.4, 0.5) is 0 Å². The fourth-order valence-corrected chi connectivity index (χ4v) is 10.8. The highest BCUT2D eigenvalue weighted by Gasteiger charge is 2.46. The SMILES string of the molecule is c1ccc(-c2nc(-c3ccc4c(c3)C(c3ccccc3)(c3ccccc3)c3ccccc3-4)cc(-c3ccc(-c4ccc5c(c4)c4ccccc4n5-c4ccccc4)c4ccccc34)n2)cc1. The van der Waals surface area contributed by atoms with E-state index in [0.717, 1.165) is 39.2 Å². The Morgan fingerprint density at radius 1 is 0.303 bits per heavy atom. The summed E-state index contributed by atoms with van der Waals surface area (Å²) in [5.74, 6) is 0.692. The molecule has 0 aliphatic heterocycles. The fourth-order valence-electron chi connectivity index (χ4n) is 10.8. The molecule has 0 radical (unpaired) electrons. The summed E-state index contributed by atoms with van der Waals surface area (Å²) in [7, 11) is 0. The Bertz CT molecular complexity index is 3760. The third-order valence-electron chi connectivity index (χ3n) is 13.7. The number of fused-ring (bicyclic) bond motifs is 7. The second-order valence-corrected chi connectivity index (χ2v) is 17.2. The highest BCUT2D eigenvalue weighted by Crippen LogP contribution is 2.56. The molecule has 308 valence electrons. The Hall–Kier alpha value is -8.66. The molecule has 3 heteroatoms. The van der Waals surface area contributed by atoms with Crippen molar-refractivity contribution < 1.29 is 0 Å². The lowest BCUT2D eigenvalue weighted by molar-refractivity contribution is 0.768. The van der Waals surface area contributed by atoms with E-state index in [4.69, 9.17) is 9.97 Å². The number of nitrogens with zero attached hydrogens (tertiary/aromatic N) is 3. The Labute approximate surface area is 383 Å². The topological polar surface area (TPSA) is 30.7 Å². The van der Waals surface area contributed by atoms with Crippen molar-refractivity contribution in [2.24, 2.45) is 0 Å².